The molecule has 0 radical (unpaired) electrons. The average Bonchev–Trinajstić information content (AvgIpc) is 3.04. The van der Waals surface area contributed by atoms with Gasteiger partial charge in [0.1, 0.15) is 0 Å². The Morgan fingerprint density at radius 1 is 1.19 bits per heavy atom. The topological polar surface area (TPSA) is 69.6 Å². The molecule has 1 aliphatic rings. The number of pyridine rings is 1. The summed E-state index contributed by atoms with van der Waals surface area (Å²) in [5, 5.41) is 0. The third-order valence-corrected chi connectivity index (χ3v) is 3.65. The van der Waals surface area contributed by atoms with E-state index < -0.39 is 0 Å². The number of aromatic amines is 1. The van der Waals surface area contributed by atoms with E-state index in [1.165, 1.54) is 12.3 Å². The Kier molecular flexibility index (Phi) is 3.87. The van der Waals surface area contributed by atoms with E-state index in [1.54, 1.807) is 18.3 Å². The third kappa shape index (κ3) is 3.22. The Balaban J connectivity index is 1.54. The molecule has 0 spiro atoms. The lowest BCUT2D eigenvalue weighted by atomic mass is 10.2. The first-order chi connectivity index (χ1) is 10.2. The first kappa shape index (κ1) is 13.6. The molecule has 1 fully saturated rings. The van der Waals surface area contributed by atoms with E-state index in [1.807, 2.05) is 11.0 Å². The number of piperazine rings is 1. The SMILES string of the molecule is O=C(c1ccco1)N1CCN(Cc2ccc(=O)[nH]c2)CC1. The Bertz CT molecular complexity index is 635. The lowest BCUT2D eigenvalue weighted by Gasteiger charge is -2.34. The predicted molar refractivity (Wildman–Crippen MR) is 77.0 cm³/mol. The van der Waals surface area contributed by atoms with Crippen molar-refractivity contribution in [2.24, 2.45) is 0 Å². The molecule has 0 saturated carbocycles. The molecule has 110 valence electrons. The molecule has 6 heteroatoms. The van der Waals surface area contributed by atoms with Gasteiger partial charge in [-0.15, -0.1) is 0 Å². The molecule has 21 heavy (non-hydrogen) atoms. The number of rotatable bonds is 3. The Hall–Kier alpha value is -2.34. The van der Waals surface area contributed by atoms with Gasteiger partial charge in [-0.2, -0.15) is 0 Å². The summed E-state index contributed by atoms with van der Waals surface area (Å²) in [5.74, 6) is 0.341. The highest BCUT2D eigenvalue weighted by Gasteiger charge is 2.23. The summed E-state index contributed by atoms with van der Waals surface area (Å²) < 4.78 is 5.14. The van der Waals surface area contributed by atoms with Crippen LogP contribution in [0.4, 0.5) is 0 Å². The van der Waals surface area contributed by atoms with Crippen molar-refractivity contribution < 1.29 is 9.21 Å². The Morgan fingerprint density at radius 3 is 2.62 bits per heavy atom. The first-order valence-corrected chi connectivity index (χ1v) is 6.95. The van der Waals surface area contributed by atoms with Gasteiger partial charge < -0.3 is 14.3 Å². The van der Waals surface area contributed by atoms with E-state index in [2.05, 4.69) is 9.88 Å². The van der Waals surface area contributed by atoms with Crippen LogP contribution in [-0.4, -0.2) is 46.9 Å². The number of amides is 1. The molecule has 1 saturated heterocycles. The zero-order valence-corrected chi connectivity index (χ0v) is 11.6. The lowest BCUT2D eigenvalue weighted by Crippen LogP contribution is -2.48. The standard InChI is InChI=1S/C15H17N3O3/c19-14-4-3-12(10-16-14)11-17-5-7-18(8-6-17)15(20)13-2-1-9-21-13/h1-4,9-10H,5-8,11H2,(H,16,19). The number of aromatic nitrogens is 1. The maximum Gasteiger partial charge on any atom is 0.289 e. The number of carbonyl (C=O) groups is 1. The minimum absolute atomic E-state index is 0.0521. The van der Waals surface area contributed by atoms with Crippen LogP contribution >= 0.6 is 0 Å². The van der Waals surface area contributed by atoms with Crippen LogP contribution < -0.4 is 5.56 Å². The van der Waals surface area contributed by atoms with Gasteiger partial charge in [0.25, 0.3) is 5.91 Å². The highest BCUT2D eigenvalue weighted by molar-refractivity contribution is 5.91. The molecule has 3 rings (SSSR count). The van der Waals surface area contributed by atoms with Gasteiger partial charge in [-0.1, -0.05) is 6.07 Å². The van der Waals surface area contributed by atoms with Crippen LogP contribution in [0.3, 0.4) is 0 Å². The molecule has 2 aromatic heterocycles. The van der Waals surface area contributed by atoms with Crippen LogP contribution in [0.5, 0.6) is 0 Å². The smallest absolute Gasteiger partial charge is 0.289 e. The highest BCUT2D eigenvalue weighted by atomic mass is 16.3. The quantitative estimate of drug-likeness (QED) is 0.911. The Morgan fingerprint density at radius 2 is 2.00 bits per heavy atom. The monoisotopic (exact) mass is 287 g/mol. The second kappa shape index (κ2) is 5.97. The average molecular weight is 287 g/mol. The molecule has 1 aliphatic heterocycles. The summed E-state index contributed by atoms with van der Waals surface area (Å²) in [7, 11) is 0. The van der Waals surface area contributed by atoms with Crippen LogP contribution in [0.25, 0.3) is 0 Å². The largest absolute Gasteiger partial charge is 0.459 e. The van der Waals surface area contributed by atoms with E-state index in [0.717, 1.165) is 25.2 Å². The van der Waals surface area contributed by atoms with Crippen molar-refractivity contribution in [2.45, 2.75) is 6.54 Å². The van der Waals surface area contributed by atoms with Crippen LogP contribution in [0.15, 0.2) is 45.9 Å². The zero-order chi connectivity index (χ0) is 14.7. The predicted octanol–water partition coefficient (Wildman–Crippen LogP) is 0.926. The number of nitrogens with one attached hydrogen (secondary N) is 1. The minimum Gasteiger partial charge on any atom is -0.459 e. The van der Waals surface area contributed by atoms with E-state index in [4.69, 9.17) is 4.42 Å². The molecule has 1 N–H and O–H groups in total. The number of hydrogen-bond acceptors (Lipinski definition) is 4. The summed E-state index contributed by atoms with van der Waals surface area (Å²) in [6.45, 7) is 3.77. The van der Waals surface area contributed by atoms with E-state index in [9.17, 15) is 9.59 Å². The lowest BCUT2D eigenvalue weighted by molar-refractivity contribution is 0.0597. The minimum atomic E-state index is -0.0902. The van der Waals surface area contributed by atoms with Crippen molar-refractivity contribution in [1.29, 1.82) is 0 Å². The molecular formula is C15H17N3O3. The molecule has 2 aromatic rings. The van der Waals surface area contributed by atoms with Crippen molar-refractivity contribution in [3.63, 3.8) is 0 Å². The normalized spacial score (nSPS) is 16.1. The first-order valence-electron chi connectivity index (χ1n) is 6.95. The van der Waals surface area contributed by atoms with Gasteiger partial charge in [-0.3, -0.25) is 14.5 Å². The van der Waals surface area contributed by atoms with Gasteiger partial charge in [0.05, 0.1) is 6.26 Å². The molecule has 0 aliphatic carbocycles. The molecular weight excluding hydrogens is 270 g/mol. The third-order valence-electron chi connectivity index (χ3n) is 3.65. The van der Waals surface area contributed by atoms with E-state index in [-0.39, 0.29) is 11.5 Å². The molecule has 6 nitrogen and oxygen atoms in total. The summed E-state index contributed by atoms with van der Waals surface area (Å²) >= 11 is 0. The molecule has 0 unspecified atom stereocenters. The van der Waals surface area contributed by atoms with Crippen LogP contribution in [0.2, 0.25) is 0 Å². The molecule has 0 bridgehead atoms. The zero-order valence-electron chi connectivity index (χ0n) is 11.6. The van der Waals surface area contributed by atoms with E-state index >= 15 is 0 Å². The van der Waals surface area contributed by atoms with Crippen molar-refractivity contribution in [3.05, 3.63) is 58.4 Å². The van der Waals surface area contributed by atoms with E-state index in [0.29, 0.717) is 18.8 Å². The summed E-state index contributed by atoms with van der Waals surface area (Å²) in [6, 6.07) is 6.78. The molecule has 0 aromatic carbocycles. The number of carbonyl (C=O) groups excluding carboxylic acids is 1. The highest BCUT2D eigenvalue weighted by Crippen LogP contribution is 2.11. The second-order valence-corrected chi connectivity index (χ2v) is 5.11. The van der Waals surface area contributed by atoms with Crippen molar-refractivity contribution in [1.82, 2.24) is 14.8 Å². The Labute approximate surface area is 122 Å². The van der Waals surface area contributed by atoms with Crippen molar-refractivity contribution in [3.8, 4) is 0 Å². The molecule has 1 amide bonds. The number of furan rings is 1. The van der Waals surface area contributed by atoms with Crippen molar-refractivity contribution >= 4 is 5.91 Å². The fourth-order valence-electron chi connectivity index (χ4n) is 2.46. The number of hydrogen-bond donors (Lipinski definition) is 1. The maximum absolute atomic E-state index is 12.1. The van der Waals surface area contributed by atoms with Crippen LogP contribution in [0.1, 0.15) is 16.1 Å². The van der Waals surface area contributed by atoms with Gasteiger partial charge in [0.2, 0.25) is 5.56 Å². The van der Waals surface area contributed by atoms with Gasteiger partial charge >= 0.3 is 0 Å². The summed E-state index contributed by atoms with van der Waals surface area (Å²) in [4.78, 5) is 29.9. The molecule has 0 atom stereocenters. The van der Waals surface area contributed by atoms with Gasteiger partial charge in [0, 0.05) is 45.0 Å². The fraction of sp³-hybridized carbons (Fsp3) is 0.333. The van der Waals surface area contributed by atoms with Gasteiger partial charge in [-0.25, -0.2) is 0 Å². The van der Waals surface area contributed by atoms with Crippen molar-refractivity contribution in [2.75, 3.05) is 26.2 Å². The van der Waals surface area contributed by atoms with Crippen LogP contribution in [-0.2, 0) is 6.54 Å². The molecule has 3 heterocycles. The number of nitrogens with zero attached hydrogens (tertiary/aromatic N) is 2. The van der Waals surface area contributed by atoms with Gasteiger partial charge in [-0.05, 0) is 17.7 Å². The van der Waals surface area contributed by atoms with Gasteiger partial charge in [0.15, 0.2) is 5.76 Å². The number of H-pyrrole nitrogens is 1. The fourth-order valence-corrected chi connectivity index (χ4v) is 2.46. The van der Waals surface area contributed by atoms with Crippen LogP contribution in [0, 0.1) is 0 Å². The summed E-state index contributed by atoms with van der Waals surface area (Å²) in [5.41, 5.74) is 0.980. The second-order valence-electron chi connectivity index (χ2n) is 5.11. The maximum atomic E-state index is 12.1. The summed E-state index contributed by atoms with van der Waals surface area (Å²) in [6.07, 6.45) is 3.25.